The molecule has 2 N–H and O–H groups in total. The van der Waals surface area contributed by atoms with E-state index in [0.29, 0.717) is 23.8 Å². The van der Waals surface area contributed by atoms with Gasteiger partial charge in [0.2, 0.25) is 15.9 Å². The summed E-state index contributed by atoms with van der Waals surface area (Å²) in [6.45, 7) is 4.40. The number of sulfonamides is 1. The normalized spacial score (nSPS) is 11.3. The highest BCUT2D eigenvalue weighted by molar-refractivity contribution is 7.89. The fraction of sp³-hybridized carbons (Fsp3) is 0.263. The average Bonchev–Trinajstić information content (AvgIpc) is 2.64. The van der Waals surface area contributed by atoms with Crippen LogP contribution in [0, 0.1) is 0 Å². The van der Waals surface area contributed by atoms with Crippen molar-refractivity contribution in [1.82, 2.24) is 9.62 Å². The summed E-state index contributed by atoms with van der Waals surface area (Å²) in [5.41, 5.74) is 1.39. The first-order valence-electron chi connectivity index (χ1n) is 8.71. The van der Waals surface area contributed by atoms with Crippen LogP contribution in [-0.4, -0.2) is 36.8 Å². The number of rotatable bonds is 7. The van der Waals surface area contributed by atoms with Gasteiger partial charge in [0.25, 0.3) is 0 Å². The SMILES string of the molecule is CCN(CC)S(=O)(=O)c1ccc(NC(=S)NC(=O)Cc2ccc(Cl)cc2)cc1. The summed E-state index contributed by atoms with van der Waals surface area (Å²) >= 11 is 11.0. The molecular weight excluding hydrogens is 418 g/mol. The lowest BCUT2D eigenvalue weighted by Crippen LogP contribution is -2.35. The molecule has 0 bridgehead atoms. The molecule has 2 aromatic rings. The molecule has 0 radical (unpaired) electrons. The second-order valence-electron chi connectivity index (χ2n) is 5.92. The Morgan fingerprint density at radius 1 is 1.04 bits per heavy atom. The van der Waals surface area contributed by atoms with Crippen LogP contribution >= 0.6 is 23.8 Å². The van der Waals surface area contributed by atoms with Crippen LogP contribution in [0.15, 0.2) is 53.4 Å². The van der Waals surface area contributed by atoms with E-state index in [1.54, 1.807) is 50.2 Å². The van der Waals surface area contributed by atoms with Gasteiger partial charge in [0, 0.05) is 23.8 Å². The molecule has 0 aliphatic carbocycles. The summed E-state index contributed by atoms with van der Waals surface area (Å²) in [5.74, 6) is -0.263. The zero-order valence-corrected chi connectivity index (χ0v) is 18.0. The highest BCUT2D eigenvalue weighted by Crippen LogP contribution is 2.18. The standard InChI is InChI=1S/C19H22ClN3O3S2/c1-3-23(4-2)28(25,26)17-11-9-16(10-12-17)21-19(27)22-18(24)13-14-5-7-15(20)8-6-14/h5-12H,3-4,13H2,1-2H3,(H2,21,22,24,27). The van der Waals surface area contributed by atoms with Crippen LogP contribution in [-0.2, 0) is 21.2 Å². The van der Waals surface area contributed by atoms with Crippen molar-refractivity contribution >= 4 is 50.5 Å². The Hall–Kier alpha value is -2.00. The summed E-state index contributed by atoms with van der Waals surface area (Å²) in [5, 5.41) is 6.21. The Kier molecular flexibility index (Phi) is 7.94. The predicted octanol–water partition coefficient (Wildman–Crippen LogP) is 3.43. The molecule has 2 aromatic carbocycles. The number of anilines is 1. The van der Waals surface area contributed by atoms with Crippen LogP contribution in [0.25, 0.3) is 0 Å². The zero-order valence-electron chi connectivity index (χ0n) is 15.6. The smallest absolute Gasteiger partial charge is 0.243 e. The third kappa shape index (κ3) is 6.00. The molecule has 2 rings (SSSR count). The van der Waals surface area contributed by atoms with Crippen LogP contribution in [0.3, 0.4) is 0 Å². The fourth-order valence-corrected chi connectivity index (χ4v) is 4.36. The number of amides is 1. The van der Waals surface area contributed by atoms with E-state index in [0.717, 1.165) is 5.56 Å². The van der Waals surface area contributed by atoms with E-state index in [1.165, 1.54) is 16.4 Å². The number of nitrogens with zero attached hydrogens (tertiary/aromatic N) is 1. The summed E-state index contributed by atoms with van der Waals surface area (Å²) in [6, 6.07) is 13.2. The minimum Gasteiger partial charge on any atom is -0.332 e. The molecule has 0 aromatic heterocycles. The fourth-order valence-electron chi connectivity index (χ4n) is 2.54. The molecule has 6 nitrogen and oxygen atoms in total. The lowest BCUT2D eigenvalue weighted by molar-refractivity contribution is -0.119. The van der Waals surface area contributed by atoms with E-state index in [9.17, 15) is 13.2 Å². The number of nitrogens with one attached hydrogen (secondary N) is 2. The molecule has 0 atom stereocenters. The molecule has 0 unspecified atom stereocenters. The summed E-state index contributed by atoms with van der Waals surface area (Å²) < 4.78 is 26.4. The number of thiocarbonyl (C=S) groups is 1. The highest BCUT2D eigenvalue weighted by Gasteiger charge is 2.21. The van der Waals surface area contributed by atoms with Crippen molar-refractivity contribution in [2.24, 2.45) is 0 Å². The van der Waals surface area contributed by atoms with Crippen molar-refractivity contribution in [1.29, 1.82) is 0 Å². The van der Waals surface area contributed by atoms with E-state index >= 15 is 0 Å². The first kappa shape index (κ1) is 22.3. The van der Waals surface area contributed by atoms with Gasteiger partial charge in [-0.1, -0.05) is 37.6 Å². The van der Waals surface area contributed by atoms with E-state index in [4.69, 9.17) is 23.8 Å². The van der Waals surface area contributed by atoms with Crippen LogP contribution in [0.4, 0.5) is 5.69 Å². The monoisotopic (exact) mass is 439 g/mol. The number of carbonyl (C=O) groups is 1. The van der Waals surface area contributed by atoms with Crippen molar-refractivity contribution in [2.75, 3.05) is 18.4 Å². The second kappa shape index (κ2) is 9.97. The van der Waals surface area contributed by atoms with Gasteiger partial charge >= 0.3 is 0 Å². The minimum absolute atomic E-state index is 0.137. The summed E-state index contributed by atoms with van der Waals surface area (Å²) in [7, 11) is -3.51. The van der Waals surface area contributed by atoms with E-state index in [2.05, 4.69) is 10.6 Å². The van der Waals surface area contributed by atoms with Crippen LogP contribution < -0.4 is 10.6 Å². The second-order valence-corrected chi connectivity index (χ2v) is 8.70. The van der Waals surface area contributed by atoms with Crippen LogP contribution in [0.2, 0.25) is 5.02 Å². The summed E-state index contributed by atoms with van der Waals surface area (Å²) in [6.07, 6.45) is 0.167. The van der Waals surface area contributed by atoms with Crippen LogP contribution in [0.5, 0.6) is 0 Å². The maximum atomic E-state index is 12.5. The Labute approximate surface area is 175 Å². The molecule has 9 heteroatoms. The molecule has 0 fully saturated rings. The lowest BCUT2D eigenvalue weighted by Gasteiger charge is -2.18. The Morgan fingerprint density at radius 2 is 1.61 bits per heavy atom. The maximum absolute atomic E-state index is 12.5. The van der Waals surface area contributed by atoms with Crippen molar-refractivity contribution in [2.45, 2.75) is 25.2 Å². The molecule has 0 aliphatic rings. The number of halogens is 1. The van der Waals surface area contributed by atoms with Gasteiger partial charge in [-0.25, -0.2) is 8.42 Å². The quantitative estimate of drug-likeness (QED) is 0.646. The number of hydrogen-bond donors (Lipinski definition) is 2. The largest absolute Gasteiger partial charge is 0.332 e. The van der Waals surface area contributed by atoms with Gasteiger partial charge in [-0.15, -0.1) is 0 Å². The molecule has 1 amide bonds. The Balaban J connectivity index is 1.95. The minimum atomic E-state index is -3.51. The van der Waals surface area contributed by atoms with Gasteiger partial charge in [-0.05, 0) is 54.2 Å². The lowest BCUT2D eigenvalue weighted by atomic mass is 10.1. The topological polar surface area (TPSA) is 78.5 Å². The molecule has 0 spiro atoms. The Morgan fingerprint density at radius 3 is 2.14 bits per heavy atom. The van der Waals surface area contributed by atoms with Gasteiger partial charge in [0.05, 0.1) is 11.3 Å². The average molecular weight is 440 g/mol. The van der Waals surface area contributed by atoms with Gasteiger partial charge in [-0.3, -0.25) is 4.79 Å². The molecule has 0 saturated heterocycles. The molecular formula is C19H22ClN3O3S2. The van der Waals surface area contributed by atoms with Gasteiger partial charge < -0.3 is 10.6 Å². The molecule has 0 aliphatic heterocycles. The zero-order chi connectivity index (χ0) is 20.7. The maximum Gasteiger partial charge on any atom is 0.243 e. The number of hydrogen-bond acceptors (Lipinski definition) is 4. The highest BCUT2D eigenvalue weighted by atomic mass is 35.5. The molecule has 150 valence electrons. The first-order valence-corrected chi connectivity index (χ1v) is 10.9. The van der Waals surface area contributed by atoms with Crippen molar-refractivity contribution in [3.05, 3.63) is 59.1 Å². The van der Waals surface area contributed by atoms with Crippen molar-refractivity contribution < 1.29 is 13.2 Å². The van der Waals surface area contributed by atoms with Crippen molar-refractivity contribution in [3.8, 4) is 0 Å². The molecule has 0 heterocycles. The van der Waals surface area contributed by atoms with Crippen LogP contribution in [0.1, 0.15) is 19.4 Å². The van der Waals surface area contributed by atoms with Gasteiger partial charge in [0.1, 0.15) is 0 Å². The van der Waals surface area contributed by atoms with Crippen molar-refractivity contribution in [3.63, 3.8) is 0 Å². The predicted molar refractivity (Wildman–Crippen MR) is 116 cm³/mol. The van der Waals surface area contributed by atoms with Gasteiger partial charge in [0.15, 0.2) is 5.11 Å². The van der Waals surface area contributed by atoms with Gasteiger partial charge in [-0.2, -0.15) is 4.31 Å². The number of carbonyl (C=O) groups excluding carboxylic acids is 1. The molecule has 0 saturated carbocycles. The summed E-state index contributed by atoms with van der Waals surface area (Å²) in [4.78, 5) is 12.3. The third-order valence-electron chi connectivity index (χ3n) is 3.99. The number of benzene rings is 2. The Bertz CT molecular complexity index is 926. The van der Waals surface area contributed by atoms with E-state index in [1.807, 2.05) is 0 Å². The first-order chi connectivity index (χ1) is 13.3. The van der Waals surface area contributed by atoms with E-state index < -0.39 is 10.0 Å². The van der Waals surface area contributed by atoms with E-state index in [-0.39, 0.29) is 22.3 Å². The molecule has 28 heavy (non-hydrogen) atoms. The third-order valence-corrected chi connectivity index (χ3v) is 6.51.